The molecule has 0 saturated heterocycles. The molecule has 20 heavy (non-hydrogen) atoms. The summed E-state index contributed by atoms with van der Waals surface area (Å²) >= 11 is 5.13. The van der Waals surface area contributed by atoms with Crippen molar-refractivity contribution in [3.63, 3.8) is 0 Å². The Labute approximate surface area is 131 Å². The molecule has 1 heterocycles. The highest BCUT2D eigenvalue weighted by molar-refractivity contribution is 9.10. The van der Waals surface area contributed by atoms with Crippen LogP contribution in [0.15, 0.2) is 27.8 Å². The molecule has 6 heteroatoms. The fourth-order valence-electron chi connectivity index (χ4n) is 2.75. The summed E-state index contributed by atoms with van der Waals surface area (Å²) in [6.07, 6.45) is 6.79. The predicted octanol–water partition coefficient (Wildman–Crippen LogP) is 2.46. The number of nitrogens with zero attached hydrogens (tertiary/aromatic N) is 1. The highest BCUT2D eigenvalue weighted by Crippen LogP contribution is 2.41. The van der Waals surface area contributed by atoms with Crippen LogP contribution in [0.4, 0.5) is 0 Å². The second-order valence-electron chi connectivity index (χ2n) is 5.66. The van der Waals surface area contributed by atoms with Crippen molar-refractivity contribution in [1.29, 1.82) is 0 Å². The Morgan fingerprint density at radius 1 is 1.45 bits per heavy atom. The molecule has 0 radical (unpaired) electrons. The molecule has 0 aromatic carbocycles. The number of pyridine rings is 1. The molecule has 2 saturated carbocycles. The molecule has 0 bridgehead atoms. The quantitative estimate of drug-likeness (QED) is 0.851. The zero-order chi connectivity index (χ0) is 14.2. The van der Waals surface area contributed by atoms with Crippen LogP contribution in [0.1, 0.15) is 32.1 Å². The molecule has 0 spiro atoms. The lowest BCUT2D eigenvalue weighted by Crippen LogP contribution is -2.54. The van der Waals surface area contributed by atoms with Crippen LogP contribution in [0.25, 0.3) is 0 Å². The van der Waals surface area contributed by atoms with Gasteiger partial charge in [-0.05, 0) is 60.2 Å². The molecule has 2 unspecified atom stereocenters. The molecule has 1 amide bonds. The minimum Gasteiger partial charge on any atom is -0.368 e. The van der Waals surface area contributed by atoms with Gasteiger partial charge in [-0.15, -0.1) is 11.8 Å². The average Bonchev–Trinajstić information content (AvgIpc) is 3.12. The first kappa shape index (κ1) is 14.4. The van der Waals surface area contributed by atoms with Crippen LogP contribution in [-0.4, -0.2) is 27.7 Å². The number of hydrogen-bond acceptors (Lipinski definition) is 4. The molecule has 2 fully saturated rings. The SMILES string of the molecule is NC(=O)C1(NC2CC2)CCC(Sc2ccc(Br)cn2)C1. The van der Waals surface area contributed by atoms with Gasteiger partial charge in [0.1, 0.15) is 0 Å². The lowest BCUT2D eigenvalue weighted by atomic mass is 9.96. The van der Waals surface area contributed by atoms with Crippen LogP contribution in [0, 0.1) is 0 Å². The normalized spacial score (nSPS) is 29.6. The molecule has 1 aromatic rings. The number of rotatable bonds is 5. The van der Waals surface area contributed by atoms with E-state index >= 15 is 0 Å². The van der Waals surface area contributed by atoms with Crippen molar-refractivity contribution >= 4 is 33.6 Å². The van der Waals surface area contributed by atoms with E-state index < -0.39 is 5.54 Å². The number of halogens is 1. The Morgan fingerprint density at radius 2 is 2.25 bits per heavy atom. The van der Waals surface area contributed by atoms with Gasteiger partial charge in [0.25, 0.3) is 0 Å². The van der Waals surface area contributed by atoms with Crippen LogP contribution < -0.4 is 11.1 Å². The van der Waals surface area contributed by atoms with Gasteiger partial charge in [-0.2, -0.15) is 0 Å². The third kappa shape index (κ3) is 3.18. The van der Waals surface area contributed by atoms with E-state index in [-0.39, 0.29) is 5.91 Å². The first-order chi connectivity index (χ1) is 9.57. The fraction of sp³-hybridized carbons (Fsp3) is 0.571. The van der Waals surface area contributed by atoms with Gasteiger partial charge >= 0.3 is 0 Å². The Bertz CT molecular complexity index is 506. The van der Waals surface area contributed by atoms with Crippen LogP contribution >= 0.6 is 27.7 Å². The van der Waals surface area contributed by atoms with Crippen molar-refractivity contribution in [1.82, 2.24) is 10.3 Å². The van der Waals surface area contributed by atoms with Crippen molar-refractivity contribution in [2.24, 2.45) is 5.73 Å². The lowest BCUT2D eigenvalue weighted by Gasteiger charge is -2.27. The van der Waals surface area contributed by atoms with E-state index in [9.17, 15) is 4.79 Å². The summed E-state index contributed by atoms with van der Waals surface area (Å²) in [5, 5.41) is 4.88. The number of thioether (sulfide) groups is 1. The van der Waals surface area contributed by atoms with Gasteiger partial charge in [0.15, 0.2) is 0 Å². The van der Waals surface area contributed by atoms with E-state index in [4.69, 9.17) is 5.73 Å². The minimum atomic E-state index is -0.492. The van der Waals surface area contributed by atoms with Gasteiger partial charge in [0, 0.05) is 22.0 Å². The summed E-state index contributed by atoms with van der Waals surface area (Å²) in [7, 11) is 0. The molecule has 2 aliphatic rings. The molecule has 2 aliphatic carbocycles. The van der Waals surface area contributed by atoms with Crippen LogP contribution in [-0.2, 0) is 4.79 Å². The summed E-state index contributed by atoms with van der Waals surface area (Å²) in [6, 6.07) is 4.50. The molecule has 0 aliphatic heterocycles. The zero-order valence-corrected chi connectivity index (χ0v) is 13.5. The number of nitrogens with one attached hydrogen (secondary N) is 1. The van der Waals surface area contributed by atoms with Crippen molar-refractivity contribution in [2.75, 3.05) is 0 Å². The number of carbonyl (C=O) groups is 1. The first-order valence-electron chi connectivity index (χ1n) is 6.93. The maximum absolute atomic E-state index is 11.9. The minimum absolute atomic E-state index is 0.198. The topological polar surface area (TPSA) is 68.0 Å². The Hall–Kier alpha value is -0.590. The summed E-state index contributed by atoms with van der Waals surface area (Å²) in [4.78, 5) is 16.2. The summed E-state index contributed by atoms with van der Waals surface area (Å²) in [5.41, 5.74) is 5.16. The van der Waals surface area contributed by atoms with Crippen molar-refractivity contribution < 1.29 is 4.79 Å². The van der Waals surface area contributed by atoms with Crippen molar-refractivity contribution in [2.45, 2.75) is 54.0 Å². The van der Waals surface area contributed by atoms with Crippen LogP contribution in [0.3, 0.4) is 0 Å². The largest absolute Gasteiger partial charge is 0.368 e. The monoisotopic (exact) mass is 355 g/mol. The second-order valence-corrected chi connectivity index (χ2v) is 7.90. The molecule has 2 atom stereocenters. The zero-order valence-electron chi connectivity index (χ0n) is 11.1. The van der Waals surface area contributed by atoms with E-state index in [0.29, 0.717) is 11.3 Å². The third-order valence-corrected chi connectivity index (χ3v) is 5.67. The molecule has 3 N–H and O–H groups in total. The molecular weight excluding hydrogens is 338 g/mol. The standard InChI is InChI=1S/C14H18BrN3OS/c15-9-1-4-12(17-8-9)20-11-5-6-14(7-11,13(16)19)18-10-2-3-10/h1,4,8,10-11,18H,2-3,5-7H2,(H2,16,19). The smallest absolute Gasteiger partial charge is 0.237 e. The summed E-state index contributed by atoms with van der Waals surface area (Å²) in [6.45, 7) is 0. The Morgan fingerprint density at radius 3 is 2.85 bits per heavy atom. The molecule has 108 valence electrons. The summed E-state index contributed by atoms with van der Waals surface area (Å²) < 4.78 is 0.982. The fourth-order valence-corrected chi connectivity index (χ4v) is 4.19. The Balaban J connectivity index is 1.65. The van der Waals surface area contributed by atoms with E-state index in [2.05, 4.69) is 26.2 Å². The maximum Gasteiger partial charge on any atom is 0.237 e. The molecular formula is C14H18BrN3OS. The van der Waals surface area contributed by atoms with Gasteiger partial charge in [-0.1, -0.05) is 0 Å². The van der Waals surface area contributed by atoms with Gasteiger partial charge in [-0.3, -0.25) is 4.79 Å². The first-order valence-corrected chi connectivity index (χ1v) is 8.60. The third-order valence-electron chi connectivity index (χ3n) is 3.99. The number of carbonyl (C=O) groups excluding carboxylic acids is 1. The molecule has 3 rings (SSSR count). The van der Waals surface area contributed by atoms with Gasteiger partial charge in [0.05, 0.1) is 10.6 Å². The highest BCUT2D eigenvalue weighted by Gasteiger charge is 2.46. The second kappa shape index (κ2) is 5.66. The van der Waals surface area contributed by atoms with Gasteiger partial charge in [0.2, 0.25) is 5.91 Å². The molecule has 4 nitrogen and oxygen atoms in total. The number of primary amides is 1. The number of amides is 1. The van der Waals surface area contributed by atoms with Crippen molar-refractivity contribution in [3.8, 4) is 0 Å². The van der Waals surface area contributed by atoms with Gasteiger partial charge < -0.3 is 11.1 Å². The molecule has 1 aromatic heterocycles. The number of aromatic nitrogens is 1. The van der Waals surface area contributed by atoms with Crippen molar-refractivity contribution in [3.05, 3.63) is 22.8 Å². The number of hydrogen-bond donors (Lipinski definition) is 2. The number of nitrogens with two attached hydrogens (primary N) is 1. The van der Waals surface area contributed by atoms with E-state index in [1.807, 2.05) is 12.1 Å². The lowest BCUT2D eigenvalue weighted by molar-refractivity contribution is -0.124. The predicted molar refractivity (Wildman–Crippen MR) is 83.5 cm³/mol. The van der Waals surface area contributed by atoms with E-state index in [1.54, 1.807) is 18.0 Å². The summed E-state index contributed by atoms with van der Waals surface area (Å²) in [5.74, 6) is -0.198. The average molecular weight is 356 g/mol. The van der Waals surface area contributed by atoms with E-state index in [1.165, 1.54) is 12.8 Å². The van der Waals surface area contributed by atoms with E-state index in [0.717, 1.165) is 28.8 Å². The Kier molecular flexibility index (Phi) is 4.06. The van der Waals surface area contributed by atoms with Gasteiger partial charge in [-0.25, -0.2) is 4.98 Å². The van der Waals surface area contributed by atoms with Crippen LogP contribution in [0.5, 0.6) is 0 Å². The maximum atomic E-state index is 11.9. The van der Waals surface area contributed by atoms with Crippen LogP contribution in [0.2, 0.25) is 0 Å². The highest BCUT2D eigenvalue weighted by atomic mass is 79.9.